The van der Waals surface area contributed by atoms with Crippen molar-refractivity contribution < 1.29 is 4.74 Å². The lowest BCUT2D eigenvalue weighted by Crippen LogP contribution is -2.67. The molecular weight excluding hydrogens is 192 g/mol. The Kier molecular flexibility index (Phi) is 3.93. The number of nitrogens with zero attached hydrogens (tertiary/aromatic N) is 2. The number of rotatable bonds is 5. The highest BCUT2D eigenvalue weighted by Gasteiger charge is 2.36. The van der Waals surface area contributed by atoms with Crippen molar-refractivity contribution in [2.45, 2.75) is 19.0 Å². The molecular formula is C10H22N4O. The van der Waals surface area contributed by atoms with E-state index >= 15 is 0 Å². The van der Waals surface area contributed by atoms with Gasteiger partial charge in [-0.3, -0.25) is 21.1 Å². The maximum absolute atomic E-state index is 5.60. The van der Waals surface area contributed by atoms with Gasteiger partial charge in [-0.1, -0.05) is 0 Å². The second-order valence-electron chi connectivity index (χ2n) is 4.34. The third kappa shape index (κ3) is 2.49. The number of piperazine rings is 3. The zero-order valence-electron chi connectivity index (χ0n) is 9.48. The summed E-state index contributed by atoms with van der Waals surface area (Å²) in [5.41, 5.74) is 2.90. The highest BCUT2D eigenvalue weighted by atomic mass is 16.5. The molecule has 0 aromatic carbocycles. The average Bonchev–Trinajstić information content (AvgIpc) is 2.32. The Balaban J connectivity index is 1.90. The van der Waals surface area contributed by atoms with Crippen molar-refractivity contribution in [2.24, 2.45) is 5.84 Å². The predicted molar refractivity (Wildman–Crippen MR) is 59.4 cm³/mol. The molecule has 0 saturated carbocycles. The highest BCUT2D eigenvalue weighted by Crippen LogP contribution is 2.18. The maximum atomic E-state index is 5.60. The lowest BCUT2D eigenvalue weighted by Gasteiger charge is -2.49. The van der Waals surface area contributed by atoms with E-state index in [1.165, 1.54) is 26.2 Å². The zero-order chi connectivity index (χ0) is 10.7. The van der Waals surface area contributed by atoms with Crippen molar-refractivity contribution in [3.8, 4) is 0 Å². The number of hydrogen-bond donors (Lipinski definition) is 2. The lowest BCUT2D eigenvalue weighted by atomic mass is 10.0. The molecule has 3 heterocycles. The number of nitrogens with two attached hydrogens (primary N) is 1. The van der Waals surface area contributed by atoms with Crippen LogP contribution < -0.4 is 11.3 Å². The van der Waals surface area contributed by atoms with Crippen LogP contribution in [-0.2, 0) is 4.74 Å². The van der Waals surface area contributed by atoms with E-state index in [1.54, 1.807) is 0 Å². The molecule has 2 unspecified atom stereocenters. The summed E-state index contributed by atoms with van der Waals surface area (Å²) in [6.07, 6.45) is 0. The molecule has 3 aliphatic rings. The van der Waals surface area contributed by atoms with E-state index in [9.17, 15) is 0 Å². The standard InChI is InChI=1S/C10H22N4O/c1-2-15-8-9(12-11)10-7-13-3-5-14(10)6-4-13/h9-10,12H,2-8,11H2,1H3. The molecule has 2 bridgehead atoms. The van der Waals surface area contributed by atoms with Gasteiger partial charge in [0.05, 0.1) is 12.6 Å². The van der Waals surface area contributed by atoms with E-state index < -0.39 is 0 Å². The second kappa shape index (κ2) is 5.23. The van der Waals surface area contributed by atoms with Gasteiger partial charge in [-0.05, 0) is 6.92 Å². The van der Waals surface area contributed by atoms with Crippen molar-refractivity contribution in [3.05, 3.63) is 0 Å². The first-order valence-corrected chi connectivity index (χ1v) is 5.85. The van der Waals surface area contributed by atoms with Crippen LogP contribution in [0.5, 0.6) is 0 Å². The van der Waals surface area contributed by atoms with Gasteiger partial charge in [-0.25, -0.2) is 0 Å². The summed E-state index contributed by atoms with van der Waals surface area (Å²) in [6.45, 7) is 9.39. The van der Waals surface area contributed by atoms with E-state index in [2.05, 4.69) is 15.2 Å². The van der Waals surface area contributed by atoms with Crippen LogP contribution in [0.4, 0.5) is 0 Å². The second-order valence-corrected chi connectivity index (χ2v) is 4.34. The molecule has 3 aliphatic heterocycles. The molecule has 88 valence electrons. The van der Waals surface area contributed by atoms with Gasteiger partial charge in [0.25, 0.3) is 0 Å². The van der Waals surface area contributed by atoms with Crippen LogP contribution in [0.2, 0.25) is 0 Å². The molecule has 3 saturated heterocycles. The third-order valence-corrected chi connectivity index (χ3v) is 3.50. The molecule has 0 aliphatic carbocycles. The van der Waals surface area contributed by atoms with Gasteiger partial charge >= 0.3 is 0 Å². The minimum atomic E-state index is 0.257. The molecule has 3 fully saturated rings. The fraction of sp³-hybridized carbons (Fsp3) is 1.00. The van der Waals surface area contributed by atoms with Crippen LogP contribution in [-0.4, -0.2) is 67.8 Å². The average molecular weight is 214 g/mol. The first-order chi connectivity index (χ1) is 7.35. The Morgan fingerprint density at radius 1 is 1.40 bits per heavy atom. The van der Waals surface area contributed by atoms with Gasteiger partial charge in [-0.15, -0.1) is 0 Å². The third-order valence-electron chi connectivity index (χ3n) is 3.50. The van der Waals surface area contributed by atoms with Gasteiger partial charge in [0, 0.05) is 45.4 Å². The van der Waals surface area contributed by atoms with Crippen molar-refractivity contribution in [2.75, 3.05) is 45.9 Å². The first kappa shape index (κ1) is 11.3. The van der Waals surface area contributed by atoms with E-state index in [0.717, 1.165) is 13.2 Å². The highest BCUT2D eigenvalue weighted by molar-refractivity contribution is 4.94. The summed E-state index contributed by atoms with van der Waals surface area (Å²) < 4.78 is 5.46. The molecule has 2 atom stereocenters. The van der Waals surface area contributed by atoms with E-state index in [4.69, 9.17) is 10.6 Å². The summed E-state index contributed by atoms with van der Waals surface area (Å²) in [5, 5.41) is 0. The summed E-state index contributed by atoms with van der Waals surface area (Å²) in [4.78, 5) is 5.05. The van der Waals surface area contributed by atoms with Crippen molar-refractivity contribution in [3.63, 3.8) is 0 Å². The van der Waals surface area contributed by atoms with Crippen LogP contribution in [0.3, 0.4) is 0 Å². The van der Waals surface area contributed by atoms with Crippen molar-refractivity contribution >= 4 is 0 Å². The molecule has 3 N–H and O–H groups in total. The van der Waals surface area contributed by atoms with E-state index in [-0.39, 0.29) is 6.04 Å². The minimum Gasteiger partial charge on any atom is -0.380 e. The van der Waals surface area contributed by atoms with Crippen LogP contribution in [0.15, 0.2) is 0 Å². The SMILES string of the molecule is CCOCC(NN)C1CN2CCN1CC2. The molecule has 0 amide bonds. The molecule has 15 heavy (non-hydrogen) atoms. The number of hydrogen-bond acceptors (Lipinski definition) is 5. The van der Waals surface area contributed by atoms with Crippen molar-refractivity contribution in [1.29, 1.82) is 0 Å². The predicted octanol–water partition coefficient (Wildman–Crippen LogP) is -1.15. The van der Waals surface area contributed by atoms with Crippen LogP contribution in [0, 0.1) is 0 Å². The molecule has 5 heteroatoms. The molecule has 5 nitrogen and oxygen atoms in total. The number of ether oxygens (including phenoxy) is 1. The quantitative estimate of drug-likeness (QED) is 0.447. The Morgan fingerprint density at radius 3 is 2.60 bits per heavy atom. The smallest absolute Gasteiger partial charge is 0.0648 e. The fourth-order valence-corrected chi connectivity index (χ4v) is 2.55. The van der Waals surface area contributed by atoms with Gasteiger partial charge in [0.15, 0.2) is 0 Å². The normalized spacial score (nSPS) is 36.8. The number of fused-ring (bicyclic) bond motifs is 3. The van der Waals surface area contributed by atoms with Crippen LogP contribution >= 0.6 is 0 Å². The topological polar surface area (TPSA) is 53.8 Å². The molecule has 0 aromatic heterocycles. The Morgan fingerprint density at radius 2 is 2.13 bits per heavy atom. The Hall–Kier alpha value is -0.200. The van der Waals surface area contributed by atoms with Crippen LogP contribution in [0.25, 0.3) is 0 Å². The Labute approximate surface area is 91.5 Å². The van der Waals surface area contributed by atoms with Crippen LogP contribution in [0.1, 0.15) is 6.92 Å². The van der Waals surface area contributed by atoms with Gasteiger partial charge < -0.3 is 4.74 Å². The number of nitrogens with one attached hydrogen (secondary N) is 1. The molecule has 0 radical (unpaired) electrons. The molecule has 3 rings (SSSR count). The first-order valence-electron chi connectivity index (χ1n) is 5.85. The monoisotopic (exact) mass is 214 g/mol. The van der Waals surface area contributed by atoms with Crippen molar-refractivity contribution in [1.82, 2.24) is 15.2 Å². The van der Waals surface area contributed by atoms with Gasteiger partial charge in [0.2, 0.25) is 0 Å². The molecule has 0 spiro atoms. The maximum Gasteiger partial charge on any atom is 0.0648 e. The number of hydrazine groups is 1. The van der Waals surface area contributed by atoms with E-state index in [0.29, 0.717) is 12.6 Å². The zero-order valence-corrected chi connectivity index (χ0v) is 9.48. The van der Waals surface area contributed by atoms with Gasteiger partial charge in [-0.2, -0.15) is 0 Å². The largest absolute Gasteiger partial charge is 0.380 e. The van der Waals surface area contributed by atoms with E-state index in [1.807, 2.05) is 6.92 Å². The summed E-state index contributed by atoms with van der Waals surface area (Å²) in [7, 11) is 0. The fourth-order valence-electron chi connectivity index (χ4n) is 2.55. The summed E-state index contributed by atoms with van der Waals surface area (Å²) in [5.74, 6) is 5.60. The summed E-state index contributed by atoms with van der Waals surface area (Å²) >= 11 is 0. The minimum absolute atomic E-state index is 0.257. The summed E-state index contributed by atoms with van der Waals surface area (Å²) in [6, 6.07) is 0.775. The molecule has 0 aromatic rings. The van der Waals surface area contributed by atoms with Gasteiger partial charge in [0.1, 0.15) is 0 Å². The Bertz CT molecular complexity index is 194. The lowest BCUT2D eigenvalue weighted by molar-refractivity contribution is -0.0203.